The molecule has 0 unspecified atom stereocenters. The highest BCUT2D eigenvalue weighted by Gasteiger charge is 2.16. The van der Waals surface area contributed by atoms with Crippen LogP contribution in [0.4, 0.5) is 4.39 Å². The van der Waals surface area contributed by atoms with Crippen LogP contribution in [0.25, 0.3) is 55.6 Å². The molecule has 0 aliphatic carbocycles. The lowest BCUT2D eigenvalue weighted by molar-refractivity contribution is 0.586. The lowest BCUT2D eigenvalue weighted by Crippen LogP contribution is -2.21. The molecular weight excluding hydrogens is 493 g/mol. The van der Waals surface area contributed by atoms with Gasteiger partial charge in [-0.2, -0.15) is 5.10 Å². The number of pyridine rings is 1. The molecule has 0 aliphatic heterocycles. The van der Waals surface area contributed by atoms with Gasteiger partial charge in [0.15, 0.2) is 5.65 Å². The molecule has 11 heteroatoms. The Labute approximate surface area is 210 Å². The third-order valence-corrected chi connectivity index (χ3v) is 6.71. The molecule has 0 saturated heterocycles. The highest BCUT2D eigenvalue weighted by Crippen LogP contribution is 2.35. The van der Waals surface area contributed by atoms with E-state index in [-0.39, 0.29) is 6.54 Å². The monoisotopic (exact) mass is 513 g/mol. The Morgan fingerprint density at radius 1 is 0.946 bits per heavy atom. The van der Waals surface area contributed by atoms with Crippen LogP contribution in [0.5, 0.6) is 0 Å². The first kappa shape index (κ1) is 23.0. The van der Waals surface area contributed by atoms with Crippen LogP contribution >= 0.6 is 0 Å². The van der Waals surface area contributed by atoms with E-state index >= 15 is 0 Å². The summed E-state index contributed by atoms with van der Waals surface area (Å²) in [6.07, 6.45) is 7.74. The van der Waals surface area contributed by atoms with Gasteiger partial charge in [0.2, 0.25) is 10.0 Å². The summed E-state index contributed by atoms with van der Waals surface area (Å²) in [5.74, 6) is -0.447. The van der Waals surface area contributed by atoms with Crippen molar-refractivity contribution >= 4 is 32.0 Å². The molecule has 184 valence electrons. The molecule has 0 fully saturated rings. The van der Waals surface area contributed by atoms with Crippen molar-refractivity contribution in [3.8, 4) is 33.6 Å². The molecule has 2 aromatic carbocycles. The number of H-pyrrole nitrogens is 2. The zero-order valence-corrected chi connectivity index (χ0v) is 20.3. The zero-order chi connectivity index (χ0) is 25.6. The first-order chi connectivity index (χ1) is 17.8. The molecule has 4 heterocycles. The molecule has 0 atom stereocenters. The predicted octanol–water partition coefficient (Wildman–Crippen LogP) is 4.42. The number of nitrogens with one attached hydrogen (secondary N) is 3. The lowest BCUT2D eigenvalue weighted by Gasteiger charge is -2.08. The Hall–Kier alpha value is -4.48. The van der Waals surface area contributed by atoms with Crippen molar-refractivity contribution in [3.05, 3.63) is 84.8 Å². The predicted molar refractivity (Wildman–Crippen MR) is 139 cm³/mol. The van der Waals surface area contributed by atoms with E-state index in [0.717, 1.165) is 44.9 Å². The molecule has 6 aromatic rings. The molecule has 6 rings (SSSR count). The molecule has 0 amide bonds. The summed E-state index contributed by atoms with van der Waals surface area (Å²) < 4.78 is 39.9. The molecule has 9 nitrogen and oxygen atoms in total. The maximum absolute atomic E-state index is 14.5. The standard InChI is InChI=1S/C26H20FN7O2S/c1-37(35,36)31-10-15-5-16(7-19(27)6-15)20-3-2-4-23-21(20)9-24(32-23)25-22-8-17(13-30-26(22)34-33-25)18-11-28-14-29-12-18/h2-9,11-14,31-32H,10H2,1H3,(H,30,33,34). The highest BCUT2D eigenvalue weighted by molar-refractivity contribution is 7.88. The average Bonchev–Trinajstić information content (AvgIpc) is 3.51. The zero-order valence-electron chi connectivity index (χ0n) is 19.5. The van der Waals surface area contributed by atoms with Crippen LogP contribution < -0.4 is 4.72 Å². The maximum atomic E-state index is 14.5. The highest BCUT2D eigenvalue weighted by atomic mass is 32.2. The summed E-state index contributed by atoms with van der Waals surface area (Å²) in [5, 5.41) is 9.18. The van der Waals surface area contributed by atoms with Crippen LogP contribution in [0.15, 0.2) is 73.4 Å². The third-order valence-electron chi connectivity index (χ3n) is 6.04. The van der Waals surface area contributed by atoms with Crippen molar-refractivity contribution in [3.63, 3.8) is 0 Å². The second-order valence-electron chi connectivity index (χ2n) is 8.71. The molecule has 0 aliphatic rings. The number of nitrogens with zero attached hydrogens (tertiary/aromatic N) is 4. The third kappa shape index (κ3) is 4.57. The van der Waals surface area contributed by atoms with Gasteiger partial charge in [-0.3, -0.25) is 5.10 Å². The van der Waals surface area contributed by atoms with Crippen LogP contribution in [0, 0.1) is 5.82 Å². The molecule has 0 spiro atoms. The maximum Gasteiger partial charge on any atom is 0.209 e. The van der Waals surface area contributed by atoms with E-state index in [4.69, 9.17) is 0 Å². The second kappa shape index (κ2) is 8.87. The van der Waals surface area contributed by atoms with Crippen LogP contribution in [-0.2, 0) is 16.6 Å². The number of benzene rings is 2. The number of fused-ring (bicyclic) bond motifs is 2. The minimum atomic E-state index is -3.41. The Balaban J connectivity index is 1.44. The molecule has 3 N–H and O–H groups in total. The Morgan fingerprint density at radius 3 is 2.59 bits per heavy atom. The van der Waals surface area contributed by atoms with E-state index in [1.807, 2.05) is 30.3 Å². The van der Waals surface area contributed by atoms with Crippen molar-refractivity contribution in [2.45, 2.75) is 6.54 Å². The van der Waals surface area contributed by atoms with E-state index in [1.54, 1.807) is 24.7 Å². The number of hydrogen-bond donors (Lipinski definition) is 3. The molecule has 37 heavy (non-hydrogen) atoms. The van der Waals surface area contributed by atoms with Gasteiger partial charge in [0.1, 0.15) is 17.8 Å². The summed E-state index contributed by atoms with van der Waals surface area (Å²) in [6.45, 7) is -0.000988. The lowest BCUT2D eigenvalue weighted by atomic mass is 9.99. The van der Waals surface area contributed by atoms with Crippen LogP contribution in [0.3, 0.4) is 0 Å². The van der Waals surface area contributed by atoms with Gasteiger partial charge in [-0.1, -0.05) is 12.1 Å². The number of hydrogen-bond acceptors (Lipinski definition) is 6. The van der Waals surface area contributed by atoms with E-state index in [9.17, 15) is 12.8 Å². The van der Waals surface area contributed by atoms with Gasteiger partial charge in [-0.05, 0) is 53.1 Å². The summed E-state index contributed by atoms with van der Waals surface area (Å²) in [7, 11) is -3.41. The van der Waals surface area contributed by atoms with Crippen molar-refractivity contribution in [2.75, 3.05) is 6.26 Å². The van der Waals surface area contributed by atoms with Crippen molar-refractivity contribution in [1.82, 2.24) is 34.9 Å². The SMILES string of the molecule is CS(=O)(=O)NCc1cc(F)cc(-c2cccc3[nH]c(-c4n[nH]c5ncc(-c6cncnc6)cc45)cc23)c1. The van der Waals surface area contributed by atoms with E-state index in [2.05, 4.69) is 34.9 Å². The fourth-order valence-corrected chi connectivity index (χ4v) is 4.80. The first-order valence-electron chi connectivity index (χ1n) is 11.3. The summed E-state index contributed by atoms with van der Waals surface area (Å²) in [4.78, 5) is 16.1. The fourth-order valence-electron chi connectivity index (χ4n) is 4.37. The van der Waals surface area contributed by atoms with E-state index in [0.29, 0.717) is 22.5 Å². The molecule has 4 aromatic heterocycles. The Morgan fingerprint density at radius 2 is 1.78 bits per heavy atom. The van der Waals surface area contributed by atoms with Gasteiger partial charge in [0.05, 0.1) is 11.9 Å². The average molecular weight is 514 g/mol. The van der Waals surface area contributed by atoms with Crippen molar-refractivity contribution < 1.29 is 12.8 Å². The van der Waals surface area contributed by atoms with Crippen molar-refractivity contribution in [1.29, 1.82) is 0 Å². The quantitative estimate of drug-likeness (QED) is 0.302. The van der Waals surface area contributed by atoms with Gasteiger partial charge >= 0.3 is 0 Å². The fraction of sp³-hybridized carbons (Fsp3) is 0.0769. The topological polar surface area (TPSA) is 129 Å². The molecule has 0 saturated carbocycles. The van der Waals surface area contributed by atoms with Crippen LogP contribution in [0.2, 0.25) is 0 Å². The first-order valence-corrected chi connectivity index (χ1v) is 13.2. The molecule has 0 radical (unpaired) electrons. The van der Waals surface area contributed by atoms with E-state index < -0.39 is 15.8 Å². The number of sulfonamides is 1. The molecule has 0 bridgehead atoms. The minimum Gasteiger partial charge on any atom is -0.353 e. The normalized spacial score (nSPS) is 11.9. The van der Waals surface area contributed by atoms with Crippen molar-refractivity contribution in [2.24, 2.45) is 0 Å². The van der Waals surface area contributed by atoms with Gasteiger partial charge in [-0.25, -0.2) is 32.5 Å². The van der Waals surface area contributed by atoms with Crippen LogP contribution in [-0.4, -0.2) is 44.8 Å². The summed E-state index contributed by atoms with van der Waals surface area (Å²) in [5.41, 5.74) is 6.63. The van der Waals surface area contributed by atoms with Gasteiger partial charge in [0, 0.05) is 52.6 Å². The van der Waals surface area contributed by atoms with Gasteiger partial charge in [0.25, 0.3) is 0 Å². The summed E-state index contributed by atoms with van der Waals surface area (Å²) in [6, 6.07) is 14.2. The Bertz CT molecular complexity index is 1880. The number of rotatable bonds is 6. The number of aromatic amines is 2. The minimum absolute atomic E-state index is 0.000988. The molecular formula is C26H20FN7O2S. The largest absolute Gasteiger partial charge is 0.353 e. The number of halogens is 1. The van der Waals surface area contributed by atoms with Gasteiger partial charge < -0.3 is 4.98 Å². The smallest absolute Gasteiger partial charge is 0.209 e. The Kier molecular flexibility index (Phi) is 5.50. The van der Waals surface area contributed by atoms with Crippen LogP contribution in [0.1, 0.15) is 5.56 Å². The number of aromatic nitrogens is 6. The van der Waals surface area contributed by atoms with Gasteiger partial charge in [-0.15, -0.1) is 0 Å². The second-order valence-corrected chi connectivity index (χ2v) is 10.5. The summed E-state index contributed by atoms with van der Waals surface area (Å²) >= 11 is 0. The van der Waals surface area contributed by atoms with E-state index in [1.165, 1.54) is 18.5 Å².